The van der Waals surface area contributed by atoms with Gasteiger partial charge in [0.1, 0.15) is 0 Å². The number of carboxylic acids is 1. The number of amides is 1. The molecule has 0 saturated carbocycles. The first-order valence-electron chi connectivity index (χ1n) is 5.69. The molecule has 0 radical (unpaired) electrons. The van der Waals surface area contributed by atoms with E-state index in [1.807, 2.05) is 12.1 Å². The molecule has 0 saturated heterocycles. The van der Waals surface area contributed by atoms with Crippen LogP contribution in [0.5, 0.6) is 0 Å². The minimum atomic E-state index is -0.888. The van der Waals surface area contributed by atoms with Gasteiger partial charge in [-0.2, -0.15) is 0 Å². The van der Waals surface area contributed by atoms with E-state index in [0.717, 1.165) is 10.2 Å². The molecular formula is C12H12N2O3S2. The van der Waals surface area contributed by atoms with Gasteiger partial charge in [0.05, 0.1) is 10.2 Å². The summed E-state index contributed by atoms with van der Waals surface area (Å²) in [6.07, 6.45) is 0.547. The summed E-state index contributed by atoms with van der Waals surface area (Å²) in [5, 5.41) is 11.2. The summed E-state index contributed by atoms with van der Waals surface area (Å²) in [5.74, 6) is -1.07. The van der Waals surface area contributed by atoms with Crippen LogP contribution in [0.25, 0.3) is 10.2 Å². The lowest BCUT2D eigenvalue weighted by atomic mass is 10.2. The lowest BCUT2D eigenvalue weighted by molar-refractivity contribution is -0.137. The Morgan fingerprint density at radius 1 is 1.37 bits per heavy atom. The Kier molecular flexibility index (Phi) is 4.28. The van der Waals surface area contributed by atoms with Gasteiger partial charge in [0, 0.05) is 18.5 Å². The summed E-state index contributed by atoms with van der Waals surface area (Å²) in [6, 6.07) is 5.49. The first-order valence-corrected chi connectivity index (χ1v) is 6.91. The second-order valence-electron chi connectivity index (χ2n) is 4.02. The maximum absolute atomic E-state index is 11.6. The number of H-pyrrole nitrogens is 1. The van der Waals surface area contributed by atoms with E-state index in [0.29, 0.717) is 16.1 Å². The standard InChI is InChI=1S/C12H12N2O3S2/c15-10(2-1-3-11(16)17)13-7-4-5-8-9(6-7)19-12(18)14-8/h4-6H,1-3H2,(H,13,15)(H,14,18)(H,16,17). The summed E-state index contributed by atoms with van der Waals surface area (Å²) in [6.45, 7) is 0. The maximum Gasteiger partial charge on any atom is 0.303 e. The van der Waals surface area contributed by atoms with Gasteiger partial charge in [0.15, 0.2) is 3.95 Å². The molecule has 1 aromatic heterocycles. The maximum atomic E-state index is 11.6. The number of aliphatic carboxylic acids is 1. The van der Waals surface area contributed by atoms with E-state index in [-0.39, 0.29) is 18.7 Å². The second kappa shape index (κ2) is 5.94. The topological polar surface area (TPSA) is 82.2 Å². The molecule has 0 bridgehead atoms. The molecule has 5 nitrogen and oxygen atoms in total. The third-order valence-corrected chi connectivity index (χ3v) is 3.70. The predicted octanol–water partition coefficient (Wildman–Crippen LogP) is 3.15. The molecule has 1 amide bonds. The summed E-state index contributed by atoms with van der Waals surface area (Å²) in [5.41, 5.74) is 1.64. The van der Waals surface area contributed by atoms with Crippen molar-refractivity contribution in [2.45, 2.75) is 19.3 Å². The number of hydrogen-bond donors (Lipinski definition) is 3. The molecule has 2 rings (SSSR count). The van der Waals surface area contributed by atoms with Crippen molar-refractivity contribution >= 4 is 51.3 Å². The number of carbonyl (C=O) groups excluding carboxylic acids is 1. The molecule has 2 aromatic rings. The van der Waals surface area contributed by atoms with Crippen LogP contribution in [0.4, 0.5) is 5.69 Å². The Bertz CT molecular complexity index is 675. The fourth-order valence-corrected chi connectivity index (χ4v) is 2.80. The molecule has 0 unspecified atom stereocenters. The van der Waals surface area contributed by atoms with Crippen LogP contribution in [-0.2, 0) is 9.59 Å². The molecule has 19 heavy (non-hydrogen) atoms. The van der Waals surface area contributed by atoms with Gasteiger partial charge in [-0.15, -0.1) is 11.3 Å². The highest BCUT2D eigenvalue weighted by Gasteiger charge is 2.05. The molecule has 100 valence electrons. The lowest BCUT2D eigenvalue weighted by Crippen LogP contribution is -2.11. The Labute approximate surface area is 118 Å². The monoisotopic (exact) mass is 296 g/mol. The Balaban J connectivity index is 1.98. The summed E-state index contributed by atoms with van der Waals surface area (Å²) >= 11 is 6.49. The first kappa shape index (κ1) is 13.7. The van der Waals surface area contributed by atoms with Crippen LogP contribution in [-0.4, -0.2) is 22.0 Å². The number of nitrogens with one attached hydrogen (secondary N) is 2. The normalized spacial score (nSPS) is 10.5. The number of carboxylic acid groups (broad SMARTS) is 1. The highest BCUT2D eigenvalue weighted by atomic mass is 32.1. The van der Waals surface area contributed by atoms with E-state index < -0.39 is 5.97 Å². The summed E-state index contributed by atoms with van der Waals surface area (Å²) in [7, 11) is 0. The number of benzene rings is 1. The summed E-state index contributed by atoms with van der Waals surface area (Å²) < 4.78 is 1.67. The van der Waals surface area contributed by atoms with E-state index in [9.17, 15) is 9.59 Å². The van der Waals surface area contributed by atoms with Crippen molar-refractivity contribution in [2.24, 2.45) is 0 Å². The minimum Gasteiger partial charge on any atom is -0.481 e. The Hall–Kier alpha value is -1.73. The highest BCUT2D eigenvalue weighted by molar-refractivity contribution is 7.73. The highest BCUT2D eigenvalue weighted by Crippen LogP contribution is 2.23. The molecule has 0 spiro atoms. The smallest absolute Gasteiger partial charge is 0.303 e. The molecule has 1 aromatic carbocycles. The van der Waals surface area contributed by atoms with Crippen LogP contribution < -0.4 is 5.32 Å². The zero-order valence-electron chi connectivity index (χ0n) is 9.93. The minimum absolute atomic E-state index is 0.00561. The molecule has 0 fully saturated rings. The number of thiazole rings is 1. The van der Waals surface area contributed by atoms with E-state index in [1.165, 1.54) is 11.3 Å². The molecule has 1 heterocycles. The van der Waals surface area contributed by atoms with E-state index in [4.69, 9.17) is 17.3 Å². The second-order valence-corrected chi connectivity index (χ2v) is 5.74. The van der Waals surface area contributed by atoms with Crippen molar-refractivity contribution in [3.05, 3.63) is 22.2 Å². The van der Waals surface area contributed by atoms with Gasteiger partial charge in [-0.05, 0) is 36.8 Å². The van der Waals surface area contributed by atoms with Crippen LogP contribution in [0.15, 0.2) is 18.2 Å². The number of carbonyl (C=O) groups is 2. The van der Waals surface area contributed by atoms with E-state index in [1.54, 1.807) is 6.07 Å². The molecule has 0 atom stereocenters. The van der Waals surface area contributed by atoms with Crippen LogP contribution in [0, 0.1) is 3.95 Å². The SMILES string of the molecule is O=C(O)CCCC(=O)Nc1ccc2[nH]c(=S)sc2c1. The van der Waals surface area contributed by atoms with Gasteiger partial charge in [-0.3, -0.25) is 9.59 Å². The molecule has 0 aliphatic heterocycles. The van der Waals surface area contributed by atoms with Gasteiger partial charge in [0.2, 0.25) is 5.91 Å². The zero-order valence-corrected chi connectivity index (χ0v) is 11.6. The summed E-state index contributed by atoms with van der Waals surface area (Å²) in [4.78, 5) is 25.0. The number of anilines is 1. The van der Waals surface area contributed by atoms with Crippen LogP contribution in [0.1, 0.15) is 19.3 Å². The average molecular weight is 296 g/mol. The number of hydrogen-bond acceptors (Lipinski definition) is 4. The predicted molar refractivity (Wildman–Crippen MR) is 77.1 cm³/mol. The van der Waals surface area contributed by atoms with Crippen molar-refractivity contribution in [3.63, 3.8) is 0 Å². The van der Waals surface area contributed by atoms with Crippen molar-refractivity contribution in [3.8, 4) is 0 Å². The van der Waals surface area contributed by atoms with Crippen LogP contribution in [0.2, 0.25) is 0 Å². The molecular weight excluding hydrogens is 284 g/mol. The van der Waals surface area contributed by atoms with Gasteiger partial charge in [-0.1, -0.05) is 0 Å². The Morgan fingerprint density at radius 3 is 2.89 bits per heavy atom. The number of rotatable bonds is 5. The average Bonchev–Trinajstić information content (AvgIpc) is 2.67. The zero-order chi connectivity index (χ0) is 13.8. The van der Waals surface area contributed by atoms with Gasteiger partial charge < -0.3 is 15.4 Å². The van der Waals surface area contributed by atoms with Gasteiger partial charge >= 0.3 is 5.97 Å². The number of fused-ring (bicyclic) bond motifs is 1. The quantitative estimate of drug-likeness (QED) is 0.740. The fraction of sp³-hybridized carbons (Fsp3) is 0.250. The van der Waals surface area contributed by atoms with Crippen molar-refractivity contribution in [1.29, 1.82) is 0 Å². The lowest BCUT2D eigenvalue weighted by Gasteiger charge is -2.04. The third kappa shape index (κ3) is 3.87. The van der Waals surface area contributed by atoms with E-state index in [2.05, 4.69) is 10.3 Å². The van der Waals surface area contributed by atoms with Crippen LogP contribution in [0.3, 0.4) is 0 Å². The van der Waals surface area contributed by atoms with Gasteiger partial charge in [-0.25, -0.2) is 0 Å². The molecule has 0 aliphatic carbocycles. The number of aromatic amines is 1. The van der Waals surface area contributed by atoms with Crippen molar-refractivity contribution in [2.75, 3.05) is 5.32 Å². The third-order valence-electron chi connectivity index (χ3n) is 2.50. The fourth-order valence-electron chi connectivity index (χ4n) is 1.65. The number of aromatic nitrogens is 1. The molecule has 0 aliphatic rings. The largest absolute Gasteiger partial charge is 0.481 e. The van der Waals surface area contributed by atoms with Crippen molar-refractivity contribution in [1.82, 2.24) is 4.98 Å². The van der Waals surface area contributed by atoms with Crippen molar-refractivity contribution < 1.29 is 14.7 Å². The Morgan fingerprint density at radius 2 is 2.16 bits per heavy atom. The first-order chi connectivity index (χ1) is 9.04. The molecule has 3 N–H and O–H groups in total. The van der Waals surface area contributed by atoms with Crippen LogP contribution >= 0.6 is 23.6 Å². The van der Waals surface area contributed by atoms with Gasteiger partial charge in [0.25, 0.3) is 0 Å². The van der Waals surface area contributed by atoms with E-state index >= 15 is 0 Å². The molecule has 7 heteroatoms.